The highest BCUT2D eigenvalue weighted by Gasteiger charge is 2.11. The lowest BCUT2D eigenvalue weighted by Crippen LogP contribution is -2.21. The Balaban J connectivity index is 1.92. The monoisotopic (exact) mass is 327 g/mol. The molecular weight excluding hydrogens is 310 g/mol. The first kappa shape index (κ1) is 17.2. The van der Waals surface area contributed by atoms with E-state index in [0.29, 0.717) is 22.6 Å². The molecule has 2 aromatic rings. The fourth-order valence-electron chi connectivity index (χ4n) is 1.98. The number of methoxy groups -OCH3 is 1. The molecular formula is C18H17NO5. The van der Waals surface area contributed by atoms with Crippen LogP contribution < -0.4 is 10.1 Å². The summed E-state index contributed by atoms with van der Waals surface area (Å²) >= 11 is 0. The van der Waals surface area contributed by atoms with Crippen LogP contribution in [0.15, 0.2) is 48.5 Å². The molecule has 0 unspecified atom stereocenters. The number of hydrogen-bond donors (Lipinski definition) is 1. The van der Waals surface area contributed by atoms with Crippen LogP contribution in [0.1, 0.15) is 27.6 Å². The van der Waals surface area contributed by atoms with Crippen molar-refractivity contribution in [3.05, 3.63) is 59.7 Å². The predicted molar refractivity (Wildman–Crippen MR) is 88.4 cm³/mol. The van der Waals surface area contributed by atoms with Crippen LogP contribution in [0.4, 0.5) is 5.69 Å². The van der Waals surface area contributed by atoms with Crippen LogP contribution >= 0.6 is 0 Å². The number of Topliss-reactive ketones (excluding diaryl/α,β-unsaturated/α-hetero) is 1. The average Bonchev–Trinajstić information content (AvgIpc) is 2.60. The minimum absolute atomic E-state index is 0.101. The number of amides is 1. The van der Waals surface area contributed by atoms with E-state index in [4.69, 9.17) is 9.47 Å². The van der Waals surface area contributed by atoms with Gasteiger partial charge in [0.1, 0.15) is 5.75 Å². The molecule has 0 aliphatic rings. The summed E-state index contributed by atoms with van der Waals surface area (Å²) in [6, 6.07) is 13.0. The molecule has 0 aliphatic carbocycles. The van der Waals surface area contributed by atoms with E-state index in [1.54, 1.807) is 42.5 Å². The number of ether oxygens (including phenoxy) is 2. The number of ketones is 1. The van der Waals surface area contributed by atoms with Gasteiger partial charge in [0.15, 0.2) is 12.4 Å². The quantitative estimate of drug-likeness (QED) is 0.651. The van der Waals surface area contributed by atoms with Crippen molar-refractivity contribution in [3.8, 4) is 5.75 Å². The Morgan fingerprint density at radius 3 is 2.42 bits per heavy atom. The molecule has 0 fully saturated rings. The summed E-state index contributed by atoms with van der Waals surface area (Å²) in [4.78, 5) is 35.1. The third kappa shape index (κ3) is 4.67. The smallest absolute Gasteiger partial charge is 0.338 e. The van der Waals surface area contributed by atoms with Crippen LogP contribution in [-0.4, -0.2) is 31.4 Å². The lowest BCUT2D eigenvalue weighted by Gasteiger charge is -2.08. The molecule has 0 atom stereocenters. The number of benzene rings is 2. The number of carbonyl (C=O) groups is 3. The molecule has 0 radical (unpaired) electrons. The van der Waals surface area contributed by atoms with Crippen LogP contribution in [0.5, 0.6) is 5.75 Å². The first-order valence-electron chi connectivity index (χ1n) is 7.21. The largest absolute Gasteiger partial charge is 0.497 e. The van der Waals surface area contributed by atoms with Crippen LogP contribution in [-0.2, 0) is 9.53 Å². The van der Waals surface area contributed by atoms with Crippen molar-refractivity contribution in [1.29, 1.82) is 0 Å². The zero-order valence-corrected chi connectivity index (χ0v) is 13.4. The SMILES string of the molecule is COc1cccc(C(=O)OCC(=O)Nc2cccc(C(C)=O)c2)c1. The summed E-state index contributed by atoms with van der Waals surface area (Å²) in [6.45, 7) is 1.01. The molecule has 124 valence electrons. The second-order valence-electron chi connectivity index (χ2n) is 4.99. The van der Waals surface area contributed by atoms with E-state index in [0.717, 1.165) is 0 Å². The Bertz CT molecular complexity index is 770. The summed E-state index contributed by atoms with van der Waals surface area (Å²) in [7, 11) is 1.49. The molecule has 0 heterocycles. The third-order valence-electron chi connectivity index (χ3n) is 3.19. The summed E-state index contributed by atoms with van der Waals surface area (Å²) in [5, 5.41) is 2.57. The summed E-state index contributed by atoms with van der Waals surface area (Å²) in [6.07, 6.45) is 0. The molecule has 2 aromatic carbocycles. The van der Waals surface area contributed by atoms with Gasteiger partial charge in [-0.05, 0) is 37.3 Å². The molecule has 1 N–H and O–H groups in total. The van der Waals surface area contributed by atoms with Gasteiger partial charge in [0.05, 0.1) is 12.7 Å². The molecule has 0 spiro atoms. The zero-order chi connectivity index (χ0) is 17.5. The predicted octanol–water partition coefficient (Wildman–Crippen LogP) is 2.69. The van der Waals surface area contributed by atoms with E-state index in [1.165, 1.54) is 20.1 Å². The van der Waals surface area contributed by atoms with Crippen molar-refractivity contribution in [2.45, 2.75) is 6.92 Å². The topological polar surface area (TPSA) is 81.7 Å². The lowest BCUT2D eigenvalue weighted by molar-refractivity contribution is -0.119. The zero-order valence-electron chi connectivity index (χ0n) is 13.4. The molecule has 0 aromatic heterocycles. The van der Waals surface area contributed by atoms with Crippen molar-refractivity contribution in [2.75, 3.05) is 19.0 Å². The van der Waals surface area contributed by atoms with Gasteiger partial charge in [-0.25, -0.2) is 4.79 Å². The maximum atomic E-state index is 11.9. The summed E-state index contributed by atoms with van der Waals surface area (Å²) < 4.78 is 9.99. The number of carbonyl (C=O) groups excluding carboxylic acids is 3. The minimum atomic E-state index is -0.624. The van der Waals surface area contributed by atoms with Gasteiger partial charge < -0.3 is 14.8 Å². The molecule has 0 aliphatic heterocycles. The first-order valence-corrected chi connectivity index (χ1v) is 7.21. The molecule has 6 nitrogen and oxygen atoms in total. The van der Waals surface area contributed by atoms with Crippen molar-refractivity contribution in [1.82, 2.24) is 0 Å². The van der Waals surface area contributed by atoms with Crippen LogP contribution in [0.25, 0.3) is 0 Å². The highest BCUT2D eigenvalue weighted by atomic mass is 16.5. The number of nitrogens with one attached hydrogen (secondary N) is 1. The van der Waals surface area contributed by atoms with Crippen LogP contribution in [0, 0.1) is 0 Å². The van der Waals surface area contributed by atoms with E-state index >= 15 is 0 Å². The fourth-order valence-corrected chi connectivity index (χ4v) is 1.98. The van der Waals surface area contributed by atoms with Gasteiger partial charge >= 0.3 is 5.97 Å². The third-order valence-corrected chi connectivity index (χ3v) is 3.19. The molecule has 0 saturated heterocycles. The number of rotatable bonds is 6. The van der Waals surface area contributed by atoms with Crippen molar-refractivity contribution in [3.63, 3.8) is 0 Å². The van der Waals surface area contributed by atoms with Gasteiger partial charge in [-0.2, -0.15) is 0 Å². The number of esters is 1. The Morgan fingerprint density at radius 2 is 1.71 bits per heavy atom. The van der Waals surface area contributed by atoms with E-state index in [9.17, 15) is 14.4 Å². The van der Waals surface area contributed by atoms with Gasteiger partial charge in [-0.3, -0.25) is 9.59 Å². The van der Waals surface area contributed by atoms with Gasteiger partial charge in [0.25, 0.3) is 5.91 Å². The lowest BCUT2D eigenvalue weighted by atomic mass is 10.1. The van der Waals surface area contributed by atoms with Gasteiger partial charge in [0.2, 0.25) is 0 Å². The maximum absolute atomic E-state index is 11.9. The summed E-state index contributed by atoms with van der Waals surface area (Å²) in [5.74, 6) is -0.695. The number of hydrogen-bond acceptors (Lipinski definition) is 5. The van der Waals surface area contributed by atoms with E-state index in [-0.39, 0.29) is 5.78 Å². The molecule has 0 bridgehead atoms. The van der Waals surface area contributed by atoms with Crippen molar-refractivity contribution >= 4 is 23.3 Å². The van der Waals surface area contributed by atoms with Crippen LogP contribution in [0.2, 0.25) is 0 Å². The Hall–Kier alpha value is -3.15. The number of anilines is 1. The second-order valence-corrected chi connectivity index (χ2v) is 4.99. The minimum Gasteiger partial charge on any atom is -0.497 e. The standard InChI is InChI=1S/C18H17NO5/c1-12(20)13-5-3-7-15(9-13)19-17(21)11-24-18(22)14-6-4-8-16(10-14)23-2/h3-10H,11H2,1-2H3,(H,19,21). The van der Waals surface area contributed by atoms with Gasteiger partial charge in [-0.1, -0.05) is 18.2 Å². The Kier molecular flexibility index (Phi) is 5.68. The molecule has 1 amide bonds. The molecule has 2 rings (SSSR count). The maximum Gasteiger partial charge on any atom is 0.338 e. The Labute approximate surface area is 139 Å². The first-order chi connectivity index (χ1) is 11.5. The van der Waals surface area contributed by atoms with E-state index in [1.807, 2.05) is 0 Å². The summed E-state index contributed by atoms with van der Waals surface area (Å²) in [5.41, 5.74) is 1.24. The second kappa shape index (κ2) is 7.92. The van der Waals surface area contributed by atoms with E-state index < -0.39 is 18.5 Å². The average molecular weight is 327 g/mol. The highest BCUT2D eigenvalue weighted by molar-refractivity contribution is 5.98. The van der Waals surface area contributed by atoms with Crippen molar-refractivity contribution < 1.29 is 23.9 Å². The fraction of sp³-hybridized carbons (Fsp3) is 0.167. The van der Waals surface area contributed by atoms with Crippen molar-refractivity contribution in [2.24, 2.45) is 0 Å². The normalized spacial score (nSPS) is 9.92. The molecule has 24 heavy (non-hydrogen) atoms. The Morgan fingerprint density at radius 1 is 1.00 bits per heavy atom. The van der Waals surface area contributed by atoms with E-state index in [2.05, 4.69) is 5.32 Å². The molecule has 0 saturated carbocycles. The van der Waals surface area contributed by atoms with Crippen LogP contribution in [0.3, 0.4) is 0 Å². The highest BCUT2D eigenvalue weighted by Crippen LogP contribution is 2.14. The van der Waals surface area contributed by atoms with Gasteiger partial charge in [0, 0.05) is 11.3 Å². The molecule has 6 heteroatoms. The van der Waals surface area contributed by atoms with Gasteiger partial charge in [-0.15, -0.1) is 0 Å².